The van der Waals surface area contributed by atoms with Gasteiger partial charge in [-0.3, -0.25) is 4.79 Å². The van der Waals surface area contributed by atoms with Crippen LogP contribution < -0.4 is 0 Å². The van der Waals surface area contributed by atoms with E-state index in [2.05, 4.69) is 0 Å². The number of hydrogen-bond acceptors (Lipinski definition) is 3. The number of ether oxygens (including phenoxy) is 1. The summed E-state index contributed by atoms with van der Waals surface area (Å²) >= 11 is 1.78. The third-order valence-corrected chi connectivity index (χ3v) is 4.01. The molecule has 0 aromatic rings. The second kappa shape index (κ2) is 4.47. The Labute approximate surface area is 83.4 Å². The molecule has 0 aliphatic carbocycles. The van der Waals surface area contributed by atoms with Gasteiger partial charge in [-0.1, -0.05) is 0 Å². The van der Waals surface area contributed by atoms with Crippen LogP contribution in [0.15, 0.2) is 0 Å². The van der Waals surface area contributed by atoms with Crippen molar-refractivity contribution in [3.8, 4) is 0 Å². The maximum atomic E-state index is 11.3. The summed E-state index contributed by atoms with van der Waals surface area (Å²) in [4.78, 5) is 11.3. The molecule has 2 atom stereocenters. The van der Waals surface area contributed by atoms with Gasteiger partial charge in [0, 0.05) is 18.3 Å². The Hall–Kier alpha value is -0.0200. The fourth-order valence-corrected chi connectivity index (χ4v) is 3.21. The Balaban J connectivity index is 1.69. The largest absolute Gasteiger partial charge is 0.378 e. The highest BCUT2D eigenvalue weighted by Gasteiger charge is 2.26. The average molecular weight is 200 g/mol. The maximum Gasteiger partial charge on any atom is 0.146 e. The molecule has 2 rings (SSSR count). The molecular weight excluding hydrogens is 184 g/mol. The van der Waals surface area contributed by atoms with Crippen molar-refractivity contribution in [3.63, 3.8) is 0 Å². The van der Waals surface area contributed by atoms with Gasteiger partial charge in [-0.25, -0.2) is 0 Å². The van der Waals surface area contributed by atoms with Crippen LogP contribution in [0.25, 0.3) is 0 Å². The number of rotatable bonds is 3. The molecule has 2 saturated heterocycles. The average Bonchev–Trinajstić information content (AvgIpc) is 2.72. The highest BCUT2D eigenvalue weighted by atomic mass is 32.2. The summed E-state index contributed by atoms with van der Waals surface area (Å²) in [6, 6.07) is 0. The minimum Gasteiger partial charge on any atom is -0.378 e. The van der Waals surface area contributed by atoms with Crippen LogP contribution in [0.4, 0.5) is 0 Å². The maximum absolute atomic E-state index is 11.3. The number of carbonyl (C=O) groups excluding carboxylic acids is 1. The van der Waals surface area contributed by atoms with Crippen molar-refractivity contribution in [1.82, 2.24) is 0 Å². The number of ketones is 1. The van der Waals surface area contributed by atoms with Gasteiger partial charge in [-0.15, -0.1) is 0 Å². The molecule has 0 spiro atoms. The van der Waals surface area contributed by atoms with E-state index in [0.717, 1.165) is 31.0 Å². The van der Waals surface area contributed by atoms with Crippen LogP contribution in [0.5, 0.6) is 0 Å². The van der Waals surface area contributed by atoms with E-state index in [1.54, 1.807) is 11.8 Å². The summed E-state index contributed by atoms with van der Waals surface area (Å²) in [5.74, 6) is 2.60. The molecule has 0 amide bonds. The summed E-state index contributed by atoms with van der Waals surface area (Å²) in [5.41, 5.74) is 0. The van der Waals surface area contributed by atoms with Gasteiger partial charge in [0.2, 0.25) is 0 Å². The smallest absolute Gasteiger partial charge is 0.146 e. The lowest BCUT2D eigenvalue weighted by molar-refractivity contribution is -0.119. The van der Waals surface area contributed by atoms with E-state index in [-0.39, 0.29) is 0 Å². The van der Waals surface area contributed by atoms with Crippen molar-refractivity contribution in [2.45, 2.75) is 31.8 Å². The molecule has 13 heavy (non-hydrogen) atoms. The van der Waals surface area contributed by atoms with E-state index in [4.69, 9.17) is 4.74 Å². The van der Waals surface area contributed by atoms with Gasteiger partial charge in [-0.2, -0.15) is 11.8 Å². The van der Waals surface area contributed by atoms with Gasteiger partial charge >= 0.3 is 0 Å². The summed E-state index contributed by atoms with van der Waals surface area (Å²) in [6.07, 6.45) is 5.01. The molecular formula is C10H16O2S. The van der Waals surface area contributed by atoms with Crippen LogP contribution in [-0.4, -0.2) is 30.0 Å². The molecule has 0 N–H and O–H groups in total. The van der Waals surface area contributed by atoms with Crippen molar-refractivity contribution < 1.29 is 9.53 Å². The van der Waals surface area contributed by atoms with Gasteiger partial charge < -0.3 is 4.74 Å². The van der Waals surface area contributed by atoms with Gasteiger partial charge in [0.05, 0.1) is 11.9 Å². The van der Waals surface area contributed by atoms with Gasteiger partial charge in [-0.05, 0) is 25.7 Å². The lowest BCUT2D eigenvalue weighted by Crippen LogP contribution is -2.14. The molecule has 2 unspecified atom stereocenters. The zero-order valence-electron chi connectivity index (χ0n) is 7.83. The molecule has 2 fully saturated rings. The third-order valence-electron chi connectivity index (χ3n) is 2.88. The Bertz CT molecular complexity index is 187. The minimum absolute atomic E-state index is 0.342. The number of Topliss-reactive ketones (excluding diaryl/α,β-unsaturated/α-hetero) is 1. The van der Waals surface area contributed by atoms with Crippen molar-refractivity contribution in [1.29, 1.82) is 0 Å². The van der Waals surface area contributed by atoms with E-state index in [0.29, 0.717) is 17.8 Å². The highest BCUT2D eigenvalue weighted by molar-refractivity contribution is 8.00. The topological polar surface area (TPSA) is 26.3 Å². The predicted molar refractivity (Wildman–Crippen MR) is 54.0 cm³/mol. The van der Waals surface area contributed by atoms with Crippen molar-refractivity contribution in [2.75, 3.05) is 18.1 Å². The fraction of sp³-hybridized carbons (Fsp3) is 0.900. The first-order valence-electron chi connectivity index (χ1n) is 5.08. The Morgan fingerprint density at radius 1 is 1.46 bits per heavy atom. The Morgan fingerprint density at radius 3 is 3.00 bits per heavy atom. The van der Waals surface area contributed by atoms with Crippen molar-refractivity contribution >= 4 is 17.5 Å². The van der Waals surface area contributed by atoms with E-state index in [9.17, 15) is 4.79 Å². The number of carbonyl (C=O) groups is 1. The molecule has 3 heteroatoms. The molecule has 2 aliphatic heterocycles. The third kappa shape index (κ3) is 2.47. The standard InChI is InChI=1S/C10H16O2S/c11-10-7-13-6-8(10)3-4-9-2-1-5-12-9/h8-9H,1-7H2. The molecule has 0 radical (unpaired) electrons. The van der Waals surface area contributed by atoms with E-state index in [1.807, 2.05) is 0 Å². The first-order valence-corrected chi connectivity index (χ1v) is 6.24. The number of thioether (sulfide) groups is 1. The number of hydrogen-bond donors (Lipinski definition) is 0. The summed E-state index contributed by atoms with van der Waals surface area (Å²) in [7, 11) is 0. The van der Waals surface area contributed by atoms with E-state index in [1.165, 1.54) is 12.8 Å². The Kier molecular flexibility index (Phi) is 3.28. The normalized spacial score (nSPS) is 34.3. The molecule has 2 heterocycles. The van der Waals surface area contributed by atoms with Crippen molar-refractivity contribution in [3.05, 3.63) is 0 Å². The Morgan fingerprint density at radius 2 is 2.38 bits per heavy atom. The first-order chi connectivity index (χ1) is 6.36. The fourth-order valence-electron chi connectivity index (χ4n) is 2.02. The van der Waals surface area contributed by atoms with Crippen LogP contribution in [0, 0.1) is 5.92 Å². The molecule has 0 saturated carbocycles. The summed E-state index contributed by atoms with van der Waals surface area (Å²) < 4.78 is 5.53. The molecule has 2 aliphatic rings. The second-order valence-corrected chi connectivity index (χ2v) is 4.92. The van der Waals surface area contributed by atoms with Crippen LogP contribution in [0.1, 0.15) is 25.7 Å². The van der Waals surface area contributed by atoms with Gasteiger partial charge in [0.15, 0.2) is 0 Å². The van der Waals surface area contributed by atoms with Crippen LogP contribution in [0.2, 0.25) is 0 Å². The molecule has 2 nitrogen and oxygen atoms in total. The highest BCUT2D eigenvalue weighted by Crippen LogP contribution is 2.27. The lowest BCUT2D eigenvalue weighted by atomic mass is 9.98. The molecule has 0 bridgehead atoms. The lowest BCUT2D eigenvalue weighted by Gasteiger charge is -2.11. The van der Waals surface area contributed by atoms with Crippen LogP contribution in [-0.2, 0) is 9.53 Å². The summed E-state index contributed by atoms with van der Waals surface area (Å²) in [6.45, 7) is 0.929. The second-order valence-electron chi connectivity index (χ2n) is 3.89. The molecule has 74 valence electrons. The van der Waals surface area contributed by atoms with Gasteiger partial charge in [0.25, 0.3) is 0 Å². The van der Waals surface area contributed by atoms with Crippen LogP contribution in [0.3, 0.4) is 0 Å². The summed E-state index contributed by atoms with van der Waals surface area (Å²) in [5, 5.41) is 0. The quantitative estimate of drug-likeness (QED) is 0.696. The predicted octanol–water partition coefficient (Wildman–Crippen LogP) is 1.88. The minimum atomic E-state index is 0.342. The van der Waals surface area contributed by atoms with E-state index >= 15 is 0 Å². The van der Waals surface area contributed by atoms with E-state index < -0.39 is 0 Å². The SMILES string of the molecule is O=C1CSCC1CCC1CCCO1. The van der Waals surface area contributed by atoms with Crippen molar-refractivity contribution in [2.24, 2.45) is 5.92 Å². The first kappa shape index (κ1) is 9.53. The molecule has 0 aromatic heterocycles. The van der Waals surface area contributed by atoms with Crippen LogP contribution >= 0.6 is 11.8 Å². The monoisotopic (exact) mass is 200 g/mol. The zero-order valence-corrected chi connectivity index (χ0v) is 8.65. The molecule has 0 aromatic carbocycles. The van der Waals surface area contributed by atoms with Gasteiger partial charge in [0.1, 0.15) is 5.78 Å². The zero-order chi connectivity index (χ0) is 9.10.